The monoisotopic (exact) mass is 335 g/mol. The molecule has 2 aromatic carbocycles. The highest BCUT2D eigenvalue weighted by Crippen LogP contribution is 2.26. The molecule has 0 atom stereocenters. The van der Waals surface area contributed by atoms with Crippen LogP contribution in [0.25, 0.3) is 5.69 Å². The van der Waals surface area contributed by atoms with Crippen LogP contribution in [0.2, 0.25) is 0 Å². The van der Waals surface area contributed by atoms with Gasteiger partial charge in [-0.15, -0.1) is 0 Å². The summed E-state index contributed by atoms with van der Waals surface area (Å²) in [4.78, 5) is 12.8. The Morgan fingerprint density at radius 1 is 1.08 bits per heavy atom. The molecule has 3 aromatic rings. The Bertz CT molecular complexity index is 885. The molecule has 0 spiro atoms. The quantitative estimate of drug-likeness (QED) is 0.762. The van der Waals surface area contributed by atoms with Crippen LogP contribution in [0.1, 0.15) is 28.7 Å². The van der Waals surface area contributed by atoms with E-state index in [4.69, 9.17) is 4.74 Å². The molecule has 0 fully saturated rings. The molecule has 1 N–H and O–H groups in total. The number of para-hydroxylation sites is 3. The van der Waals surface area contributed by atoms with Crippen LogP contribution in [-0.4, -0.2) is 22.3 Å². The van der Waals surface area contributed by atoms with Gasteiger partial charge in [-0.05, 0) is 45.0 Å². The van der Waals surface area contributed by atoms with Crippen LogP contribution >= 0.6 is 0 Å². The summed E-state index contributed by atoms with van der Waals surface area (Å²) in [6.07, 6.45) is 0. The Kier molecular flexibility index (Phi) is 4.84. The highest BCUT2D eigenvalue weighted by molar-refractivity contribution is 6.06. The van der Waals surface area contributed by atoms with Crippen LogP contribution in [-0.2, 0) is 0 Å². The third-order valence-electron chi connectivity index (χ3n) is 3.95. The van der Waals surface area contributed by atoms with Crippen molar-refractivity contribution in [1.82, 2.24) is 9.78 Å². The van der Waals surface area contributed by atoms with Crippen molar-refractivity contribution in [2.75, 3.05) is 11.9 Å². The van der Waals surface area contributed by atoms with Gasteiger partial charge in [0.1, 0.15) is 5.75 Å². The third kappa shape index (κ3) is 3.40. The normalized spacial score (nSPS) is 10.5. The second kappa shape index (κ2) is 7.21. The van der Waals surface area contributed by atoms with Crippen molar-refractivity contribution in [3.05, 3.63) is 71.5 Å². The van der Waals surface area contributed by atoms with Gasteiger partial charge in [0.15, 0.2) is 0 Å². The second-order valence-corrected chi connectivity index (χ2v) is 5.68. The number of nitrogens with one attached hydrogen (secondary N) is 1. The number of ether oxygens (including phenoxy) is 1. The number of carbonyl (C=O) groups excluding carboxylic acids is 1. The Morgan fingerprint density at radius 2 is 1.76 bits per heavy atom. The summed E-state index contributed by atoms with van der Waals surface area (Å²) in [5, 5.41) is 7.47. The van der Waals surface area contributed by atoms with Gasteiger partial charge >= 0.3 is 0 Å². The summed E-state index contributed by atoms with van der Waals surface area (Å²) >= 11 is 0. The van der Waals surface area contributed by atoms with Crippen molar-refractivity contribution in [2.24, 2.45) is 0 Å². The van der Waals surface area contributed by atoms with Gasteiger partial charge in [0, 0.05) is 0 Å². The van der Waals surface area contributed by atoms with E-state index in [9.17, 15) is 4.79 Å². The number of hydrogen-bond acceptors (Lipinski definition) is 3. The van der Waals surface area contributed by atoms with E-state index in [1.807, 2.05) is 75.4 Å². The molecule has 1 amide bonds. The number of rotatable bonds is 5. The zero-order chi connectivity index (χ0) is 17.8. The first-order valence-corrected chi connectivity index (χ1v) is 8.26. The van der Waals surface area contributed by atoms with Crippen LogP contribution in [0.15, 0.2) is 54.6 Å². The Hall–Kier alpha value is -3.08. The van der Waals surface area contributed by atoms with Crippen molar-refractivity contribution >= 4 is 11.6 Å². The molecule has 128 valence electrons. The largest absolute Gasteiger partial charge is 0.492 e. The molecule has 3 rings (SSSR count). The number of aromatic nitrogens is 2. The molecule has 0 saturated heterocycles. The molecular formula is C20H21N3O2. The maximum atomic E-state index is 12.8. The molecule has 0 aliphatic heterocycles. The summed E-state index contributed by atoms with van der Waals surface area (Å²) in [6.45, 7) is 6.19. The summed E-state index contributed by atoms with van der Waals surface area (Å²) in [6, 6.07) is 17.2. The fourth-order valence-electron chi connectivity index (χ4n) is 2.83. The topological polar surface area (TPSA) is 56.1 Å². The summed E-state index contributed by atoms with van der Waals surface area (Å²) in [5.41, 5.74) is 3.65. The summed E-state index contributed by atoms with van der Waals surface area (Å²) < 4.78 is 7.36. The van der Waals surface area contributed by atoms with Crippen LogP contribution in [0.4, 0.5) is 5.69 Å². The molecule has 0 bridgehead atoms. The van der Waals surface area contributed by atoms with E-state index in [0.717, 1.165) is 11.4 Å². The van der Waals surface area contributed by atoms with E-state index in [2.05, 4.69) is 10.4 Å². The molecule has 5 heteroatoms. The number of aryl methyl sites for hydroxylation is 1. The van der Waals surface area contributed by atoms with E-state index >= 15 is 0 Å². The molecule has 0 aliphatic rings. The van der Waals surface area contributed by atoms with Gasteiger partial charge in [0.25, 0.3) is 5.91 Å². The van der Waals surface area contributed by atoms with Gasteiger partial charge in [-0.25, -0.2) is 4.68 Å². The maximum Gasteiger partial charge on any atom is 0.259 e. The number of benzene rings is 2. The zero-order valence-electron chi connectivity index (χ0n) is 14.6. The Balaban J connectivity index is 1.93. The minimum atomic E-state index is -0.190. The molecule has 0 radical (unpaired) electrons. The van der Waals surface area contributed by atoms with E-state index < -0.39 is 0 Å². The molecule has 0 unspecified atom stereocenters. The molecule has 5 nitrogen and oxygen atoms in total. The average molecular weight is 335 g/mol. The minimum Gasteiger partial charge on any atom is -0.492 e. The Morgan fingerprint density at radius 3 is 2.48 bits per heavy atom. The van der Waals surface area contributed by atoms with Crippen LogP contribution in [0, 0.1) is 13.8 Å². The summed E-state index contributed by atoms with van der Waals surface area (Å²) in [5.74, 6) is 0.466. The first-order chi connectivity index (χ1) is 12.1. The van der Waals surface area contributed by atoms with Gasteiger partial charge in [-0.3, -0.25) is 4.79 Å². The lowest BCUT2D eigenvalue weighted by Crippen LogP contribution is -2.15. The van der Waals surface area contributed by atoms with E-state index in [-0.39, 0.29) is 5.91 Å². The van der Waals surface area contributed by atoms with Gasteiger partial charge in [0.2, 0.25) is 0 Å². The van der Waals surface area contributed by atoms with E-state index in [1.165, 1.54) is 0 Å². The molecule has 1 heterocycles. The molecule has 0 aliphatic carbocycles. The first kappa shape index (κ1) is 16.8. The number of carbonyl (C=O) groups is 1. The lowest BCUT2D eigenvalue weighted by Gasteiger charge is -2.11. The van der Waals surface area contributed by atoms with Crippen LogP contribution in [0.5, 0.6) is 5.75 Å². The van der Waals surface area contributed by atoms with Gasteiger partial charge in [-0.1, -0.05) is 30.3 Å². The molecule has 25 heavy (non-hydrogen) atoms. The van der Waals surface area contributed by atoms with Crippen molar-refractivity contribution in [1.29, 1.82) is 0 Å². The number of nitrogens with zero attached hydrogens (tertiary/aromatic N) is 2. The van der Waals surface area contributed by atoms with Crippen LogP contribution < -0.4 is 10.1 Å². The number of amides is 1. The first-order valence-electron chi connectivity index (χ1n) is 8.26. The predicted molar refractivity (Wildman–Crippen MR) is 98.6 cm³/mol. The zero-order valence-corrected chi connectivity index (χ0v) is 14.6. The van der Waals surface area contributed by atoms with Crippen molar-refractivity contribution in [3.8, 4) is 11.4 Å². The smallest absolute Gasteiger partial charge is 0.259 e. The second-order valence-electron chi connectivity index (χ2n) is 5.68. The van der Waals surface area contributed by atoms with E-state index in [0.29, 0.717) is 29.3 Å². The van der Waals surface area contributed by atoms with Crippen molar-refractivity contribution in [2.45, 2.75) is 20.8 Å². The SMILES string of the molecule is CCOc1ccccc1NC(=O)c1c(C)nn(-c2ccccc2)c1C. The fourth-order valence-corrected chi connectivity index (χ4v) is 2.83. The number of anilines is 1. The van der Waals surface area contributed by atoms with Gasteiger partial charge in [0.05, 0.1) is 34.9 Å². The summed E-state index contributed by atoms with van der Waals surface area (Å²) in [7, 11) is 0. The van der Waals surface area contributed by atoms with Crippen molar-refractivity contribution < 1.29 is 9.53 Å². The van der Waals surface area contributed by atoms with Gasteiger partial charge in [-0.2, -0.15) is 5.10 Å². The number of hydrogen-bond donors (Lipinski definition) is 1. The molecule has 1 aromatic heterocycles. The fraction of sp³-hybridized carbons (Fsp3) is 0.200. The molecular weight excluding hydrogens is 314 g/mol. The minimum absolute atomic E-state index is 0.190. The maximum absolute atomic E-state index is 12.8. The standard InChI is InChI=1S/C20H21N3O2/c1-4-25-18-13-9-8-12-17(18)21-20(24)19-14(2)22-23(15(19)3)16-10-6-5-7-11-16/h5-13H,4H2,1-3H3,(H,21,24). The lowest BCUT2D eigenvalue weighted by atomic mass is 10.1. The highest BCUT2D eigenvalue weighted by Gasteiger charge is 2.20. The van der Waals surface area contributed by atoms with E-state index in [1.54, 1.807) is 4.68 Å². The third-order valence-corrected chi connectivity index (χ3v) is 3.95. The van der Waals surface area contributed by atoms with Crippen molar-refractivity contribution in [3.63, 3.8) is 0 Å². The predicted octanol–water partition coefficient (Wildman–Crippen LogP) is 4.14. The van der Waals surface area contributed by atoms with Crippen LogP contribution in [0.3, 0.4) is 0 Å². The Labute approximate surface area is 147 Å². The lowest BCUT2D eigenvalue weighted by molar-refractivity contribution is 0.102. The highest BCUT2D eigenvalue weighted by atomic mass is 16.5. The molecule has 0 saturated carbocycles. The van der Waals surface area contributed by atoms with Gasteiger partial charge < -0.3 is 10.1 Å². The average Bonchev–Trinajstić information content (AvgIpc) is 2.92.